The Bertz CT molecular complexity index is 1540. The maximum absolute atomic E-state index is 13.6. The third-order valence-corrected chi connectivity index (χ3v) is 7.13. The molecule has 3 N–H and O–H groups in total. The van der Waals surface area contributed by atoms with Gasteiger partial charge in [0.1, 0.15) is 11.1 Å². The van der Waals surface area contributed by atoms with Crippen molar-refractivity contribution in [1.29, 1.82) is 0 Å². The number of fused-ring (bicyclic) bond motifs is 1. The van der Waals surface area contributed by atoms with Gasteiger partial charge in [-0.15, -0.1) is 0 Å². The summed E-state index contributed by atoms with van der Waals surface area (Å²) in [5.74, 6) is -0.722. The molecule has 0 aliphatic rings. The lowest BCUT2D eigenvalue weighted by Crippen LogP contribution is -2.43. The molecule has 1 aromatic carbocycles. The first kappa shape index (κ1) is 30.4. The number of nitrogens with two attached hydrogens (primary N) is 1. The summed E-state index contributed by atoms with van der Waals surface area (Å²) in [5.41, 5.74) is 5.45. The first-order chi connectivity index (χ1) is 18.6. The third-order valence-electron chi connectivity index (χ3n) is 5.69. The molecule has 0 aliphatic carbocycles. The molecule has 3 rings (SSSR count). The summed E-state index contributed by atoms with van der Waals surface area (Å²) in [6.07, 6.45) is -0.188. The highest BCUT2D eigenvalue weighted by molar-refractivity contribution is 7.92. The number of amides is 2. The zero-order valence-corrected chi connectivity index (χ0v) is 24.4. The highest BCUT2D eigenvalue weighted by atomic mass is 32.2. The fourth-order valence-corrected chi connectivity index (χ4v) is 4.77. The van der Waals surface area contributed by atoms with Crippen LogP contribution in [0, 0.1) is 0 Å². The third kappa shape index (κ3) is 7.28. The van der Waals surface area contributed by atoms with Crippen LogP contribution in [0.3, 0.4) is 0 Å². The van der Waals surface area contributed by atoms with Gasteiger partial charge in [0.2, 0.25) is 16.0 Å². The Kier molecular flexibility index (Phi) is 9.07. The second kappa shape index (κ2) is 11.9. The van der Waals surface area contributed by atoms with Crippen LogP contribution in [0.5, 0.6) is 0 Å². The van der Waals surface area contributed by atoms with E-state index in [4.69, 9.17) is 10.5 Å². The largest absolute Gasteiger partial charge is 0.444 e. The number of hydrogen-bond acceptors (Lipinski definition) is 9. The fourth-order valence-electron chi connectivity index (χ4n) is 3.76. The molecule has 0 unspecified atom stereocenters. The van der Waals surface area contributed by atoms with E-state index in [1.54, 1.807) is 52.0 Å². The molecule has 3 aromatic rings. The summed E-state index contributed by atoms with van der Waals surface area (Å²) in [4.78, 5) is 50.3. The Morgan fingerprint density at radius 2 is 1.70 bits per heavy atom. The quantitative estimate of drug-likeness (QED) is 0.387. The maximum Gasteiger partial charge on any atom is 0.410 e. The monoisotopic (exact) mass is 576 g/mol. The molecule has 0 saturated heterocycles. The van der Waals surface area contributed by atoms with E-state index in [-0.39, 0.29) is 48.3 Å². The molecular weight excluding hydrogens is 540 g/mol. The van der Waals surface area contributed by atoms with Crippen LogP contribution in [0.4, 0.5) is 21.4 Å². The van der Waals surface area contributed by atoms with Crippen LogP contribution in [-0.2, 0) is 21.3 Å². The van der Waals surface area contributed by atoms with E-state index in [1.165, 1.54) is 28.5 Å². The lowest BCUT2D eigenvalue weighted by Gasteiger charge is -2.26. The Morgan fingerprint density at radius 3 is 2.30 bits per heavy atom. The Morgan fingerprint density at radius 1 is 1.07 bits per heavy atom. The number of rotatable bonds is 9. The summed E-state index contributed by atoms with van der Waals surface area (Å²) in [6, 6.07) is 8.29. The number of carbonyl (C=O) groups excluding carboxylic acids is 2. The number of likely N-dealkylation sites (N-methyl/N-ethyl adjacent to an activating group) is 2. The number of anilines is 2. The van der Waals surface area contributed by atoms with E-state index < -0.39 is 33.4 Å². The SMILES string of the molecule is CCCS(=O)(=O)Nc1nc(N)c2c(n1)n(Cc1ccccc1)c(=O)n2C(=O)N(C)CCN(C)C(=O)OC(C)(C)C. The minimum Gasteiger partial charge on any atom is -0.444 e. The van der Waals surface area contributed by atoms with E-state index in [2.05, 4.69) is 14.7 Å². The predicted molar refractivity (Wildman–Crippen MR) is 152 cm³/mol. The average Bonchev–Trinajstić information content (AvgIpc) is 3.12. The van der Waals surface area contributed by atoms with Gasteiger partial charge in [0.05, 0.1) is 12.3 Å². The summed E-state index contributed by atoms with van der Waals surface area (Å²) in [7, 11) is -0.738. The molecule has 0 aliphatic heterocycles. The van der Waals surface area contributed by atoms with Gasteiger partial charge in [-0.25, -0.2) is 27.4 Å². The van der Waals surface area contributed by atoms with Crippen LogP contribution in [0.25, 0.3) is 11.2 Å². The van der Waals surface area contributed by atoms with Gasteiger partial charge in [-0.2, -0.15) is 9.97 Å². The van der Waals surface area contributed by atoms with Crippen LogP contribution >= 0.6 is 0 Å². The summed E-state index contributed by atoms with van der Waals surface area (Å²) >= 11 is 0. The lowest BCUT2D eigenvalue weighted by molar-refractivity contribution is 0.0290. The van der Waals surface area contributed by atoms with Gasteiger partial charge in [-0.3, -0.25) is 9.29 Å². The molecule has 2 heterocycles. The van der Waals surface area contributed by atoms with Crippen molar-refractivity contribution in [2.75, 3.05) is 43.4 Å². The van der Waals surface area contributed by atoms with E-state index in [1.807, 2.05) is 6.07 Å². The number of hydrogen-bond donors (Lipinski definition) is 2. The average molecular weight is 577 g/mol. The number of nitrogens with one attached hydrogen (secondary N) is 1. The van der Waals surface area contributed by atoms with Gasteiger partial charge in [-0.1, -0.05) is 37.3 Å². The van der Waals surface area contributed by atoms with E-state index in [9.17, 15) is 22.8 Å². The van der Waals surface area contributed by atoms with Crippen molar-refractivity contribution in [3.05, 3.63) is 46.4 Å². The number of imidazole rings is 1. The molecule has 0 spiro atoms. The molecule has 0 atom stereocenters. The Labute approximate surface area is 232 Å². The van der Waals surface area contributed by atoms with Crippen molar-refractivity contribution in [2.45, 2.75) is 46.3 Å². The normalized spacial score (nSPS) is 11.8. The van der Waals surface area contributed by atoms with Gasteiger partial charge in [-0.05, 0) is 32.8 Å². The molecule has 0 saturated carbocycles. The number of sulfonamides is 1. The van der Waals surface area contributed by atoms with Crippen LogP contribution in [-0.4, -0.2) is 88.0 Å². The molecule has 218 valence electrons. The van der Waals surface area contributed by atoms with Crippen LogP contribution in [0.15, 0.2) is 35.1 Å². The number of ether oxygens (including phenoxy) is 1. The maximum atomic E-state index is 13.6. The second-order valence-electron chi connectivity index (χ2n) is 10.3. The van der Waals surface area contributed by atoms with Gasteiger partial charge >= 0.3 is 17.8 Å². The highest BCUT2D eigenvalue weighted by Gasteiger charge is 2.27. The van der Waals surface area contributed by atoms with Gasteiger partial charge in [0.25, 0.3) is 0 Å². The molecule has 40 heavy (non-hydrogen) atoms. The molecule has 0 fully saturated rings. The number of carbonyl (C=O) groups is 2. The zero-order chi connectivity index (χ0) is 29.8. The first-order valence-corrected chi connectivity index (χ1v) is 14.3. The van der Waals surface area contributed by atoms with Crippen molar-refractivity contribution >= 4 is 45.1 Å². The van der Waals surface area contributed by atoms with Gasteiger partial charge in [0.15, 0.2) is 11.5 Å². The van der Waals surface area contributed by atoms with Crippen molar-refractivity contribution < 1.29 is 22.7 Å². The topological polar surface area (TPSA) is 175 Å². The lowest BCUT2D eigenvalue weighted by atomic mass is 10.2. The van der Waals surface area contributed by atoms with Gasteiger partial charge < -0.3 is 20.3 Å². The predicted octanol–water partition coefficient (Wildman–Crippen LogP) is 2.14. The molecule has 14 nitrogen and oxygen atoms in total. The minimum absolute atomic E-state index is 0.0109. The summed E-state index contributed by atoms with van der Waals surface area (Å²) in [5, 5.41) is 0. The van der Waals surface area contributed by atoms with Crippen LogP contribution in [0.1, 0.15) is 39.7 Å². The molecule has 2 amide bonds. The number of benzene rings is 1. The van der Waals surface area contributed by atoms with Crippen molar-refractivity contribution in [3.63, 3.8) is 0 Å². The first-order valence-electron chi connectivity index (χ1n) is 12.7. The molecule has 0 bridgehead atoms. The van der Waals surface area contributed by atoms with E-state index >= 15 is 0 Å². The summed E-state index contributed by atoms with van der Waals surface area (Å²) in [6.45, 7) is 7.20. The van der Waals surface area contributed by atoms with Crippen molar-refractivity contribution in [2.24, 2.45) is 0 Å². The smallest absolute Gasteiger partial charge is 0.410 e. The highest BCUT2D eigenvalue weighted by Crippen LogP contribution is 2.21. The minimum atomic E-state index is -3.75. The molecule has 15 heteroatoms. The van der Waals surface area contributed by atoms with Crippen molar-refractivity contribution in [3.8, 4) is 0 Å². The Hall–Kier alpha value is -4.14. The van der Waals surface area contributed by atoms with Crippen LogP contribution in [0.2, 0.25) is 0 Å². The number of aromatic nitrogens is 4. The Balaban J connectivity index is 2.01. The van der Waals surface area contributed by atoms with E-state index in [0.29, 0.717) is 6.42 Å². The molecular formula is C25H36N8O6S. The molecule has 2 aromatic heterocycles. The van der Waals surface area contributed by atoms with Crippen molar-refractivity contribution in [1.82, 2.24) is 28.9 Å². The second-order valence-corrected chi connectivity index (χ2v) is 12.2. The van der Waals surface area contributed by atoms with Gasteiger partial charge in [0, 0.05) is 27.2 Å². The number of nitrogens with zero attached hydrogens (tertiary/aromatic N) is 6. The zero-order valence-electron chi connectivity index (χ0n) is 23.5. The van der Waals surface area contributed by atoms with Crippen LogP contribution < -0.4 is 16.1 Å². The fraction of sp³-hybridized carbons (Fsp3) is 0.480. The number of nitrogen functional groups attached to an aromatic ring is 1. The summed E-state index contributed by atoms with van der Waals surface area (Å²) < 4.78 is 34.4. The standard InChI is InChI=1S/C25H36N8O6S/c1-7-15-40(37,38)29-21-27-19(26)18-20(28-21)32(16-17-11-9-8-10-12-17)23(35)33(18)22(34)30(5)13-14-31(6)24(36)39-25(2,3)4/h8-12H,7,13-16H2,1-6H3,(H3,26,27,28,29). The van der Waals surface area contributed by atoms with E-state index in [0.717, 1.165) is 10.1 Å². The molecule has 0 radical (unpaired) electrons.